The number of ether oxygens (including phenoxy) is 1. The van der Waals surface area contributed by atoms with Crippen molar-refractivity contribution in [2.45, 2.75) is 57.9 Å². The van der Waals surface area contributed by atoms with Crippen molar-refractivity contribution < 1.29 is 32.1 Å². The van der Waals surface area contributed by atoms with E-state index in [9.17, 15) is 22.3 Å². The molecular formula is C20H32F2N4O5S2. The highest BCUT2D eigenvalue weighted by Gasteiger charge is 2.28. The molecule has 0 aromatic carbocycles. The number of aromatic nitrogens is 2. The summed E-state index contributed by atoms with van der Waals surface area (Å²) in [4.78, 5) is 8.21. The van der Waals surface area contributed by atoms with Crippen LogP contribution in [0.5, 0.6) is 5.88 Å². The van der Waals surface area contributed by atoms with Crippen molar-refractivity contribution in [3.8, 4) is 5.88 Å². The van der Waals surface area contributed by atoms with E-state index in [0.717, 1.165) is 18.2 Å². The monoisotopic (exact) mass is 510 g/mol. The first-order chi connectivity index (χ1) is 15.6. The molecule has 0 amide bonds. The summed E-state index contributed by atoms with van der Waals surface area (Å²) in [6.07, 6.45) is -1.40. The molecule has 0 bridgehead atoms. The fraction of sp³-hybridized carbons (Fsp3) is 0.600. The second kappa shape index (κ2) is 13.8. The zero-order valence-corrected chi connectivity index (χ0v) is 20.8. The normalized spacial score (nSPS) is 16.5. The highest BCUT2D eigenvalue weighted by Crippen LogP contribution is 2.28. The molecule has 0 radical (unpaired) electrons. The summed E-state index contributed by atoms with van der Waals surface area (Å²) >= 11 is 0.906. The molecule has 1 unspecified atom stereocenters. The van der Waals surface area contributed by atoms with E-state index in [1.165, 1.54) is 24.2 Å². The van der Waals surface area contributed by atoms with Gasteiger partial charge in [0.1, 0.15) is 23.9 Å². The van der Waals surface area contributed by atoms with Gasteiger partial charge in [0, 0.05) is 24.9 Å². The van der Waals surface area contributed by atoms with Gasteiger partial charge in [0.05, 0.1) is 6.61 Å². The van der Waals surface area contributed by atoms with E-state index in [4.69, 9.17) is 9.84 Å². The summed E-state index contributed by atoms with van der Waals surface area (Å²) in [6.45, 7) is 10.7. The fourth-order valence-electron chi connectivity index (χ4n) is 2.28. The van der Waals surface area contributed by atoms with Crippen LogP contribution in [0.15, 0.2) is 35.0 Å². The number of hydrogen-bond acceptors (Lipinski definition) is 8. The van der Waals surface area contributed by atoms with E-state index in [2.05, 4.69) is 21.3 Å². The van der Waals surface area contributed by atoms with Crippen molar-refractivity contribution in [1.29, 1.82) is 0 Å². The first-order valence-corrected chi connectivity index (χ1v) is 13.0. The number of nitrogens with one attached hydrogen (secondary N) is 1. The number of aliphatic hydroxyl groups is 2. The van der Waals surface area contributed by atoms with Crippen LogP contribution >= 0.6 is 11.8 Å². The smallest absolute Gasteiger partial charge is 0.302 e. The van der Waals surface area contributed by atoms with Gasteiger partial charge in [-0.15, -0.1) is 0 Å². The first-order valence-electron chi connectivity index (χ1n) is 10.5. The lowest BCUT2D eigenvalue weighted by Crippen LogP contribution is -2.45. The Hall–Kier alpha value is -1.80. The van der Waals surface area contributed by atoms with Gasteiger partial charge < -0.3 is 14.9 Å². The number of hydrogen-bond donors (Lipinski definition) is 3. The molecule has 2 heterocycles. The van der Waals surface area contributed by atoms with Crippen molar-refractivity contribution >= 4 is 27.8 Å². The van der Waals surface area contributed by atoms with Crippen LogP contribution in [0.1, 0.15) is 40.5 Å². The molecular weight excluding hydrogens is 478 g/mol. The second-order valence-corrected chi connectivity index (χ2v) is 9.38. The Labute approximate surface area is 198 Å². The number of rotatable bonds is 12. The molecule has 188 valence electrons. The van der Waals surface area contributed by atoms with Crippen molar-refractivity contribution in [3.05, 3.63) is 29.9 Å². The maximum Gasteiger partial charge on any atom is 0.302 e. The van der Waals surface area contributed by atoms with Gasteiger partial charge in [-0.1, -0.05) is 39.1 Å². The quantitative estimate of drug-likeness (QED) is 0.222. The molecule has 0 aliphatic carbocycles. The van der Waals surface area contributed by atoms with Crippen molar-refractivity contribution in [3.63, 3.8) is 0 Å². The average molecular weight is 511 g/mol. The molecule has 1 saturated heterocycles. The zero-order valence-electron chi connectivity index (χ0n) is 19.2. The Kier molecular flexibility index (Phi) is 12.2. The summed E-state index contributed by atoms with van der Waals surface area (Å²) in [5.41, 5.74) is -0.106. The Morgan fingerprint density at radius 2 is 2.00 bits per heavy atom. The SMILES string of the molecule is C=C(CSc1nc(NS(=O)(=O)N2CCC2)cc(O[C@H](C)C(O)CO)n1)/C(F)=C(/F)CC.CC. The van der Waals surface area contributed by atoms with Crippen molar-refractivity contribution in [1.82, 2.24) is 14.3 Å². The molecule has 3 N–H and O–H groups in total. The lowest BCUT2D eigenvalue weighted by atomic mass is 10.2. The van der Waals surface area contributed by atoms with E-state index in [1.807, 2.05) is 13.8 Å². The lowest BCUT2D eigenvalue weighted by molar-refractivity contribution is 0.00599. The maximum absolute atomic E-state index is 13.9. The molecule has 1 fully saturated rings. The number of allylic oxidation sites excluding steroid dienone is 2. The van der Waals surface area contributed by atoms with Gasteiger partial charge >= 0.3 is 10.2 Å². The minimum Gasteiger partial charge on any atom is -0.472 e. The lowest BCUT2D eigenvalue weighted by Gasteiger charge is -2.29. The Balaban J connectivity index is 0.00000265. The number of nitrogens with zero attached hydrogens (tertiary/aromatic N) is 3. The molecule has 1 aromatic rings. The van der Waals surface area contributed by atoms with E-state index in [-0.39, 0.29) is 34.6 Å². The van der Waals surface area contributed by atoms with E-state index < -0.39 is 40.7 Å². The van der Waals surface area contributed by atoms with Crippen LogP contribution in [-0.2, 0) is 10.2 Å². The molecule has 1 aliphatic rings. The van der Waals surface area contributed by atoms with Gasteiger partial charge in [-0.25, -0.2) is 13.8 Å². The highest BCUT2D eigenvalue weighted by atomic mass is 32.2. The molecule has 1 aliphatic heterocycles. The predicted octanol–water partition coefficient (Wildman–Crippen LogP) is 3.19. The Morgan fingerprint density at radius 3 is 2.52 bits per heavy atom. The highest BCUT2D eigenvalue weighted by molar-refractivity contribution is 7.99. The molecule has 13 heteroatoms. The van der Waals surface area contributed by atoms with Gasteiger partial charge in [0.15, 0.2) is 11.0 Å². The Bertz CT molecular complexity index is 927. The summed E-state index contributed by atoms with van der Waals surface area (Å²) in [5, 5.41) is 18.8. The first kappa shape index (κ1) is 29.2. The van der Waals surface area contributed by atoms with E-state index >= 15 is 0 Å². The second-order valence-electron chi connectivity index (χ2n) is 6.77. The van der Waals surface area contributed by atoms with Crippen LogP contribution in [0.4, 0.5) is 14.6 Å². The van der Waals surface area contributed by atoms with Crippen molar-refractivity contribution in [2.24, 2.45) is 0 Å². The minimum absolute atomic E-state index is 0.0235. The standard InChI is InChI=1S/C18H26F2N4O5S2.C2H6/c1-4-13(19)17(20)11(2)10-30-18-21-15(23-31(27,28)24-6-5-7-24)8-16(22-18)29-12(3)14(26)9-25;1-2/h8,12,14,25-26H,2,4-7,9-10H2,1,3H3,(H,21,22,23);1-2H3/b17-13-;/t12-,14?;/m1./s1. The number of halogens is 2. The molecule has 2 atom stereocenters. The third kappa shape index (κ3) is 8.81. The predicted molar refractivity (Wildman–Crippen MR) is 125 cm³/mol. The number of aliphatic hydroxyl groups excluding tert-OH is 2. The van der Waals surface area contributed by atoms with Crippen LogP contribution in [0.2, 0.25) is 0 Å². The van der Waals surface area contributed by atoms with Gasteiger partial charge in [-0.3, -0.25) is 4.72 Å². The van der Waals surface area contributed by atoms with E-state index in [1.54, 1.807) is 0 Å². The summed E-state index contributed by atoms with van der Waals surface area (Å²) < 4.78 is 61.1. The molecule has 33 heavy (non-hydrogen) atoms. The van der Waals surface area contributed by atoms with Crippen LogP contribution < -0.4 is 9.46 Å². The average Bonchev–Trinajstić information content (AvgIpc) is 2.74. The van der Waals surface area contributed by atoms with Gasteiger partial charge in [-0.05, 0) is 25.3 Å². The topological polar surface area (TPSA) is 125 Å². The van der Waals surface area contributed by atoms with Crippen molar-refractivity contribution in [2.75, 3.05) is 30.2 Å². The summed E-state index contributed by atoms with van der Waals surface area (Å²) in [6, 6.07) is 1.23. The largest absolute Gasteiger partial charge is 0.472 e. The Morgan fingerprint density at radius 1 is 1.36 bits per heavy atom. The molecule has 0 saturated carbocycles. The summed E-state index contributed by atoms with van der Waals surface area (Å²) in [5.74, 6) is -2.21. The third-order valence-electron chi connectivity index (χ3n) is 4.34. The van der Waals surface area contributed by atoms with Crippen LogP contribution in [-0.4, -0.2) is 70.6 Å². The van der Waals surface area contributed by atoms with E-state index in [0.29, 0.717) is 13.1 Å². The molecule has 9 nitrogen and oxygen atoms in total. The van der Waals surface area contributed by atoms with Gasteiger partial charge in [0.2, 0.25) is 5.88 Å². The molecule has 1 aromatic heterocycles. The molecule has 0 spiro atoms. The number of thioether (sulfide) groups is 1. The maximum atomic E-state index is 13.9. The zero-order chi connectivity index (χ0) is 25.2. The van der Waals surface area contributed by atoms with Crippen LogP contribution in [0.25, 0.3) is 0 Å². The molecule has 2 rings (SSSR count). The van der Waals surface area contributed by atoms with Gasteiger partial charge in [-0.2, -0.15) is 17.7 Å². The number of anilines is 1. The van der Waals surface area contributed by atoms with Crippen LogP contribution in [0, 0.1) is 0 Å². The van der Waals surface area contributed by atoms with Gasteiger partial charge in [0.25, 0.3) is 0 Å². The van der Waals surface area contributed by atoms with Crippen LogP contribution in [0.3, 0.4) is 0 Å². The fourth-order valence-corrected chi connectivity index (χ4v) is 4.27. The third-order valence-corrected chi connectivity index (χ3v) is 6.79. The minimum atomic E-state index is -3.81. The summed E-state index contributed by atoms with van der Waals surface area (Å²) in [7, 11) is -3.81.